The van der Waals surface area contributed by atoms with Gasteiger partial charge in [-0.25, -0.2) is 9.78 Å². The topological polar surface area (TPSA) is 72.3 Å². The van der Waals surface area contributed by atoms with E-state index in [0.717, 1.165) is 34.7 Å². The van der Waals surface area contributed by atoms with Crippen molar-refractivity contribution in [1.29, 1.82) is 0 Å². The number of carbonyl (C=O) groups excluding carboxylic acids is 1. The number of likely N-dealkylation sites (tertiary alicyclic amines) is 1. The van der Waals surface area contributed by atoms with Crippen molar-refractivity contribution in [2.24, 2.45) is 0 Å². The number of hydrogen-bond acceptors (Lipinski definition) is 4. The van der Waals surface area contributed by atoms with Crippen LogP contribution in [-0.2, 0) is 0 Å². The Kier molecular flexibility index (Phi) is 4.90. The number of urea groups is 1. The molecule has 28 heavy (non-hydrogen) atoms. The lowest BCUT2D eigenvalue weighted by atomic mass is 10.1. The molecule has 1 aromatic carbocycles. The maximum absolute atomic E-state index is 12.7. The van der Waals surface area contributed by atoms with Gasteiger partial charge in [0.2, 0.25) is 0 Å². The molecule has 7 heteroatoms. The quantitative estimate of drug-likeness (QED) is 0.742. The molecule has 2 aromatic heterocycles. The number of hydrogen-bond donors (Lipinski definition) is 1. The van der Waals surface area contributed by atoms with Gasteiger partial charge in [0.1, 0.15) is 11.6 Å². The average Bonchev–Trinajstić information content (AvgIpc) is 3.32. The van der Waals surface area contributed by atoms with Gasteiger partial charge in [0, 0.05) is 43.0 Å². The smallest absolute Gasteiger partial charge is 0.321 e. The normalized spacial score (nSPS) is 16.7. The minimum absolute atomic E-state index is 0.0929. The first-order valence-corrected chi connectivity index (χ1v) is 9.58. The minimum atomic E-state index is -0.0929. The van der Waals surface area contributed by atoms with E-state index < -0.39 is 0 Å². The molecule has 0 spiro atoms. The third kappa shape index (κ3) is 3.40. The molecule has 1 aliphatic heterocycles. The Balaban J connectivity index is 1.52. The first kappa shape index (κ1) is 18.3. The highest BCUT2D eigenvalue weighted by Crippen LogP contribution is 2.32. The Morgan fingerprint density at radius 3 is 2.96 bits per heavy atom. The molecule has 0 saturated carbocycles. The van der Waals surface area contributed by atoms with Crippen molar-refractivity contribution in [2.75, 3.05) is 25.5 Å². The highest BCUT2D eigenvalue weighted by molar-refractivity contribution is 5.89. The number of carbonyl (C=O) groups is 1. The Morgan fingerprint density at radius 1 is 1.32 bits per heavy atom. The fourth-order valence-corrected chi connectivity index (χ4v) is 3.85. The predicted molar refractivity (Wildman–Crippen MR) is 109 cm³/mol. The number of aromatic nitrogens is 3. The van der Waals surface area contributed by atoms with E-state index in [0.29, 0.717) is 13.1 Å². The number of nitrogens with zero attached hydrogens (tertiary/aromatic N) is 4. The monoisotopic (exact) mass is 379 g/mol. The van der Waals surface area contributed by atoms with E-state index in [1.807, 2.05) is 41.4 Å². The summed E-state index contributed by atoms with van der Waals surface area (Å²) >= 11 is 0. The van der Waals surface area contributed by atoms with E-state index in [2.05, 4.69) is 28.7 Å². The summed E-state index contributed by atoms with van der Waals surface area (Å²) in [6.45, 7) is 5.67. The summed E-state index contributed by atoms with van der Waals surface area (Å²) in [4.78, 5) is 23.7. The SMILES string of the molecule is COc1cccc(NC(=O)N2CC[C@H](c3nc4ccncc4n3C(C)C)C2)c1. The molecule has 146 valence electrons. The minimum Gasteiger partial charge on any atom is -0.497 e. The van der Waals surface area contributed by atoms with Crippen molar-refractivity contribution in [3.8, 4) is 5.75 Å². The molecule has 7 nitrogen and oxygen atoms in total. The van der Waals surface area contributed by atoms with Crippen molar-refractivity contribution in [1.82, 2.24) is 19.4 Å². The summed E-state index contributed by atoms with van der Waals surface area (Å²) in [5, 5.41) is 2.96. The highest BCUT2D eigenvalue weighted by atomic mass is 16.5. The van der Waals surface area contributed by atoms with E-state index >= 15 is 0 Å². The molecule has 0 aliphatic carbocycles. The number of benzene rings is 1. The van der Waals surface area contributed by atoms with Crippen LogP contribution in [0.5, 0.6) is 5.75 Å². The van der Waals surface area contributed by atoms with Gasteiger partial charge < -0.3 is 19.5 Å². The van der Waals surface area contributed by atoms with Crippen LogP contribution in [0.3, 0.4) is 0 Å². The van der Waals surface area contributed by atoms with Crippen LogP contribution in [0.25, 0.3) is 11.0 Å². The van der Waals surface area contributed by atoms with Crippen molar-refractivity contribution in [3.63, 3.8) is 0 Å². The van der Waals surface area contributed by atoms with Crippen LogP contribution < -0.4 is 10.1 Å². The summed E-state index contributed by atoms with van der Waals surface area (Å²) in [7, 11) is 1.61. The van der Waals surface area contributed by atoms with Crippen molar-refractivity contribution in [3.05, 3.63) is 48.5 Å². The lowest BCUT2D eigenvalue weighted by Crippen LogP contribution is -2.33. The molecule has 1 N–H and O–H groups in total. The highest BCUT2D eigenvalue weighted by Gasteiger charge is 2.31. The fraction of sp³-hybridized carbons (Fsp3) is 0.381. The summed E-state index contributed by atoms with van der Waals surface area (Å²) in [5.41, 5.74) is 2.73. The van der Waals surface area contributed by atoms with Crippen molar-refractivity contribution >= 4 is 22.8 Å². The molecule has 2 amide bonds. The van der Waals surface area contributed by atoms with Gasteiger partial charge in [-0.1, -0.05) is 6.07 Å². The fourth-order valence-electron chi connectivity index (χ4n) is 3.85. The van der Waals surface area contributed by atoms with Gasteiger partial charge >= 0.3 is 6.03 Å². The van der Waals surface area contributed by atoms with Gasteiger partial charge in [0.15, 0.2) is 0 Å². The molecule has 1 fully saturated rings. The number of pyridine rings is 1. The molecular formula is C21H25N5O2. The summed E-state index contributed by atoms with van der Waals surface area (Å²) in [6, 6.07) is 9.52. The number of methoxy groups -OCH3 is 1. The Hall–Kier alpha value is -3.09. The lowest BCUT2D eigenvalue weighted by molar-refractivity contribution is 0.222. The molecule has 3 aromatic rings. The van der Waals surface area contributed by atoms with Crippen molar-refractivity contribution < 1.29 is 9.53 Å². The number of anilines is 1. The van der Waals surface area contributed by atoms with Crippen LogP contribution in [0.2, 0.25) is 0 Å². The van der Waals surface area contributed by atoms with Crippen LogP contribution in [-0.4, -0.2) is 45.7 Å². The molecule has 0 radical (unpaired) electrons. The molecule has 1 atom stereocenters. The van der Waals surface area contributed by atoms with Gasteiger partial charge in [-0.15, -0.1) is 0 Å². The van der Waals surface area contributed by atoms with Gasteiger partial charge in [0.05, 0.1) is 24.3 Å². The molecule has 4 rings (SSSR count). The number of nitrogens with one attached hydrogen (secondary N) is 1. The first-order chi connectivity index (χ1) is 13.6. The van der Waals surface area contributed by atoms with Gasteiger partial charge in [-0.3, -0.25) is 4.98 Å². The van der Waals surface area contributed by atoms with Crippen LogP contribution in [0, 0.1) is 0 Å². The number of fused-ring (bicyclic) bond motifs is 1. The molecule has 3 heterocycles. The third-order valence-corrected chi connectivity index (χ3v) is 5.20. The van der Waals surface area contributed by atoms with E-state index in [1.165, 1.54) is 0 Å². The zero-order chi connectivity index (χ0) is 19.7. The second-order valence-corrected chi connectivity index (χ2v) is 7.39. The second-order valence-electron chi connectivity index (χ2n) is 7.39. The summed E-state index contributed by atoms with van der Waals surface area (Å²) in [5.74, 6) is 1.97. The maximum Gasteiger partial charge on any atom is 0.321 e. The van der Waals surface area contributed by atoms with Crippen LogP contribution in [0.4, 0.5) is 10.5 Å². The summed E-state index contributed by atoms with van der Waals surface area (Å²) < 4.78 is 7.47. The Morgan fingerprint density at radius 2 is 2.18 bits per heavy atom. The number of imidazole rings is 1. The van der Waals surface area contributed by atoms with E-state index in [-0.39, 0.29) is 18.0 Å². The van der Waals surface area contributed by atoms with E-state index in [4.69, 9.17) is 9.72 Å². The maximum atomic E-state index is 12.7. The van der Waals surface area contributed by atoms with Crippen molar-refractivity contribution in [2.45, 2.75) is 32.2 Å². The molecule has 1 aliphatic rings. The van der Waals surface area contributed by atoms with Crippen LogP contribution in [0.1, 0.15) is 38.1 Å². The zero-order valence-corrected chi connectivity index (χ0v) is 16.4. The van der Waals surface area contributed by atoms with E-state index in [9.17, 15) is 4.79 Å². The molecule has 0 unspecified atom stereocenters. The average molecular weight is 379 g/mol. The van der Waals surface area contributed by atoms with Crippen LogP contribution >= 0.6 is 0 Å². The van der Waals surface area contributed by atoms with Gasteiger partial charge in [-0.2, -0.15) is 0 Å². The summed E-state index contributed by atoms with van der Waals surface area (Å²) in [6.07, 6.45) is 4.54. The second kappa shape index (κ2) is 7.50. The Bertz CT molecular complexity index is 997. The first-order valence-electron chi connectivity index (χ1n) is 9.58. The van der Waals surface area contributed by atoms with Gasteiger partial charge in [0.25, 0.3) is 0 Å². The molecule has 0 bridgehead atoms. The number of rotatable bonds is 4. The predicted octanol–water partition coefficient (Wildman–Crippen LogP) is 4.04. The lowest BCUT2D eigenvalue weighted by Gasteiger charge is -2.19. The number of amides is 2. The van der Waals surface area contributed by atoms with Crippen LogP contribution in [0.15, 0.2) is 42.7 Å². The standard InChI is InChI=1S/C21H25N5O2/c1-14(2)26-19-12-22-9-7-18(19)24-20(26)15-8-10-25(13-15)21(27)23-16-5-4-6-17(11-16)28-3/h4-7,9,11-12,14-15H,8,10,13H2,1-3H3,(H,23,27)/t15-/m0/s1. The zero-order valence-electron chi connectivity index (χ0n) is 16.4. The Labute approximate surface area is 164 Å². The molecular weight excluding hydrogens is 354 g/mol. The largest absolute Gasteiger partial charge is 0.497 e. The molecule has 1 saturated heterocycles. The number of ether oxygens (including phenoxy) is 1. The van der Waals surface area contributed by atoms with E-state index in [1.54, 1.807) is 13.3 Å². The van der Waals surface area contributed by atoms with Gasteiger partial charge in [-0.05, 0) is 38.5 Å². The third-order valence-electron chi connectivity index (χ3n) is 5.20.